The number of carboxylic acids is 1. The standard InChI is InChI=1S/C13H17NO3S/c1-4-6-10(13(16)17)14-12(15)11-7-9(5-2)8(3)18-11/h4,7,10H,1,5-6H2,2-3H3,(H,14,15)(H,16,17). The molecule has 0 aromatic carbocycles. The summed E-state index contributed by atoms with van der Waals surface area (Å²) in [6, 6.07) is 0.907. The van der Waals surface area contributed by atoms with E-state index in [4.69, 9.17) is 5.11 Å². The number of aryl methyl sites for hydroxylation is 2. The van der Waals surface area contributed by atoms with Crippen molar-refractivity contribution in [3.63, 3.8) is 0 Å². The normalized spacial score (nSPS) is 11.9. The molecule has 1 rings (SSSR count). The third kappa shape index (κ3) is 3.43. The van der Waals surface area contributed by atoms with Gasteiger partial charge in [-0.2, -0.15) is 0 Å². The van der Waals surface area contributed by atoms with Gasteiger partial charge in [-0.25, -0.2) is 4.79 Å². The number of carbonyl (C=O) groups is 2. The molecule has 1 atom stereocenters. The Balaban J connectivity index is 2.80. The number of thiophene rings is 1. The fourth-order valence-electron chi connectivity index (χ4n) is 1.60. The molecule has 0 saturated heterocycles. The van der Waals surface area contributed by atoms with Gasteiger partial charge < -0.3 is 10.4 Å². The number of nitrogens with one attached hydrogen (secondary N) is 1. The van der Waals surface area contributed by atoms with Gasteiger partial charge in [0, 0.05) is 4.88 Å². The monoisotopic (exact) mass is 267 g/mol. The van der Waals surface area contributed by atoms with Crippen LogP contribution in [-0.4, -0.2) is 23.0 Å². The molecule has 0 spiro atoms. The van der Waals surface area contributed by atoms with Crippen LogP contribution < -0.4 is 5.32 Å². The summed E-state index contributed by atoms with van der Waals surface area (Å²) >= 11 is 1.39. The summed E-state index contributed by atoms with van der Waals surface area (Å²) in [6.07, 6.45) is 2.56. The third-order valence-electron chi connectivity index (χ3n) is 2.63. The number of amides is 1. The van der Waals surface area contributed by atoms with E-state index in [0.29, 0.717) is 4.88 Å². The summed E-state index contributed by atoms with van der Waals surface area (Å²) in [4.78, 5) is 24.5. The molecule has 98 valence electrons. The maximum absolute atomic E-state index is 11.9. The van der Waals surface area contributed by atoms with Crippen molar-refractivity contribution >= 4 is 23.2 Å². The second-order valence-electron chi connectivity index (χ2n) is 3.93. The van der Waals surface area contributed by atoms with Gasteiger partial charge in [-0.1, -0.05) is 13.0 Å². The molecule has 1 amide bonds. The summed E-state index contributed by atoms with van der Waals surface area (Å²) in [5, 5.41) is 11.4. The van der Waals surface area contributed by atoms with Gasteiger partial charge >= 0.3 is 5.97 Å². The lowest BCUT2D eigenvalue weighted by molar-refractivity contribution is -0.139. The Kier molecular flexibility index (Phi) is 5.09. The topological polar surface area (TPSA) is 66.4 Å². The van der Waals surface area contributed by atoms with Crippen LogP contribution >= 0.6 is 11.3 Å². The first-order valence-electron chi connectivity index (χ1n) is 5.73. The van der Waals surface area contributed by atoms with E-state index in [2.05, 4.69) is 11.9 Å². The van der Waals surface area contributed by atoms with Gasteiger partial charge in [-0.3, -0.25) is 4.79 Å². The lowest BCUT2D eigenvalue weighted by atomic mass is 10.2. The lowest BCUT2D eigenvalue weighted by Crippen LogP contribution is -2.40. The molecule has 2 N–H and O–H groups in total. The number of carbonyl (C=O) groups excluding carboxylic acids is 1. The van der Waals surface area contributed by atoms with E-state index in [0.717, 1.165) is 16.9 Å². The molecule has 1 aromatic rings. The minimum Gasteiger partial charge on any atom is -0.480 e. The molecule has 1 unspecified atom stereocenters. The van der Waals surface area contributed by atoms with E-state index in [1.165, 1.54) is 17.4 Å². The molecule has 1 aromatic heterocycles. The molecular formula is C13H17NO3S. The zero-order chi connectivity index (χ0) is 13.7. The Bertz CT molecular complexity index is 465. The Morgan fingerprint density at radius 1 is 1.61 bits per heavy atom. The van der Waals surface area contributed by atoms with Crippen LogP contribution in [0.4, 0.5) is 0 Å². The minimum absolute atomic E-state index is 0.214. The summed E-state index contributed by atoms with van der Waals surface area (Å²) in [6.45, 7) is 7.46. The quantitative estimate of drug-likeness (QED) is 0.778. The highest BCUT2D eigenvalue weighted by Crippen LogP contribution is 2.22. The molecular weight excluding hydrogens is 250 g/mol. The van der Waals surface area contributed by atoms with E-state index in [1.54, 1.807) is 0 Å². The van der Waals surface area contributed by atoms with Crippen LogP contribution in [0.2, 0.25) is 0 Å². The van der Waals surface area contributed by atoms with Crippen molar-refractivity contribution in [2.75, 3.05) is 0 Å². The first-order valence-corrected chi connectivity index (χ1v) is 6.55. The number of carboxylic acid groups (broad SMARTS) is 1. The predicted octanol–water partition coefficient (Wildman–Crippen LogP) is 2.38. The number of aliphatic carboxylic acids is 1. The van der Waals surface area contributed by atoms with Crippen LogP contribution in [0, 0.1) is 6.92 Å². The summed E-state index contributed by atoms with van der Waals surface area (Å²) < 4.78 is 0. The highest BCUT2D eigenvalue weighted by molar-refractivity contribution is 7.14. The van der Waals surface area contributed by atoms with Gasteiger partial charge in [0.15, 0.2) is 0 Å². The van der Waals surface area contributed by atoms with E-state index in [-0.39, 0.29) is 12.3 Å². The van der Waals surface area contributed by atoms with Crippen LogP contribution in [0.5, 0.6) is 0 Å². The van der Waals surface area contributed by atoms with Gasteiger partial charge in [-0.15, -0.1) is 17.9 Å². The first kappa shape index (κ1) is 14.4. The smallest absolute Gasteiger partial charge is 0.326 e. The predicted molar refractivity (Wildman–Crippen MR) is 72.1 cm³/mol. The number of rotatable bonds is 6. The second-order valence-corrected chi connectivity index (χ2v) is 5.19. The molecule has 4 nitrogen and oxygen atoms in total. The lowest BCUT2D eigenvalue weighted by Gasteiger charge is -2.11. The number of hydrogen-bond acceptors (Lipinski definition) is 3. The summed E-state index contributed by atoms with van der Waals surface area (Å²) in [7, 11) is 0. The van der Waals surface area contributed by atoms with Crippen molar-refractivity contribution in [1.29, 1.82) is 0 Å². The van der Waals surface area contributed by atoms with Crippen LogP contribution in [-0.2, 0) is 11.2 Å². The maximum Gasteiger partial charge on any atom is 0.326 e. The molecule has 0 fully saturated rings. The van der Waals surface area contributed by atoms with E-state index < -0.39 is 12.0 Å². The molecule has 0 aliphatic heterocycles. The van der Waals surface area contributed by atoms with Crippen LogP contribution in [0.15, 0.2) is 18.7 Å². The molecule has 0 aliphatic carbocycles. The molecule has 1 heterocycles. The van der Waals surface area contributed by atoms with Crippen molar-refractivity contribution < 1.29 is 14.7 Å². The fourth-order valence-corrected chi connectivity index (χ4v) is 2.62. The average molecular weight is 267 g/mol. The largest absolute Gasteiger partial charge is 0.480 e. The Labute approximate surface area is 110 Å². The van der Waals surface area contributed by atoms with Gasteiger partial charge in [-0.05, 0) is 31.4 Å². The zero-order valence-corrected chi connectivity index (χ0v) is 11.3. The highest BCUT2D eigenvalue weighted by Gasteiger charge is 2.20. The highest BCUT2D eigenvalue weighted by atomic mass is 32.1. The summed E-state index contributed by atoms with van der Waals surface area (Å²) in [5.74, 6) is -1.38. The molecule has 0 bridgehead atoms. The van der Waals surface area contributed by atoms with Crippen LogP contribution in [0.1, 0.15) is 33.5 Å². The van der Waals surface area contributed by atoms with Crippen molar-refractivity contribution in [2.24, 2.45) is 0 Å². The third-order valence-corrected chi connectivity index (χ3v) is 3.72. The van der Waals surface area contributed by atoms with Crippen molar-refractivity contribution in [3.8, 4) is 0 Å². The van der Waals surface area contributed by atoms with Crippen molar-refractivity contribution in [1.82, 2.24) is 5.32 Å². The Morgan fingerprint density at radius 3 is 2.72 bits per heavy atom. The average Bonchev–Trinajstić information content (AvgIpc) is 2.69. The van der Waals surface area contributed by atoms with Crippen LogP contribution in [0.25, 0.3) is 0 Å². The van der Waals surface area contributed by atoms with Gasteiger partial charge in [0.05, 0.1) is 4.88 Å². The van der Waals surface area contributed by atoms with E-state index >= 15 is 0 Å². The van der Waals surface area contributed by atoms with E-state index in [1.807, 2.05) is 19.9 Å². The molecule has 0 saturated carbocycles. The van der Waals surface area contributed by atoms with Gasteiger partial charge in [0.2, 0.25) is 0 Å². The Hall–Kier alpha value is -1.62. The minimum atomic E-state index is -1.05. The maximum atomic E-state index is 11.9. The van der Waals surface area contributed by atoms with Crippen molar-refractivity contribution in [3.05, 3.63) is 34.0 Å². The summed E-state index contributed by atoms with van der Waals surface area (Å²) in [5.41, 5.74) is 1.13. The van der Waals surface area contributed by atoms with E-state index in [9.17, 15) is 9.59 Å². The van der Waals surface area contributed by atoms with Crippen LogP contribution in [0.3, 0.4) is 0 Å². The fraction of sp³-hybridized carbons (Fsp3) is 0.385. The van der Waals surface area contributed by atoms with Crippen molar-refractivity contribution in [2.45, 2.75) is 32.7 Å². The molecule has 18 heavy (non-hydrogen) atoms. The number of hydrogen-bond donors (Lipinski definition) is 2. The molecule has 5 heteroatoms. The zero-order valence-electron chi connectivity index (χ0n) is 10.5. The molecule has 0 aliphatic rings. The van der Waals surface area contributed by atoms with Gasteiger partial charge in [0.1, 0.15) is 6.04 Å². The SMILES string of the molecule is C=CCC(NC(=O)c1cc(CC)c(C)s1)C(=O)O. The Morgan fingerprint density at radius 2 is 2.28 bits per heavy atom. The van der Waals surface area contributed by atoms with Gasteiger partial charge in [0.25, 0.3) is 5.91 Å². The second kappa shape index (κ2) is 6.35. The molecule has 0 radical (unpaired) electrons. The first-order chi connectivity index (χ1) is 8.49.